The maximum absolute atomic E-state index is 5.01. The highest BCUT2D eigenvalue weighted by molar-refractivity contribution is 5.22. The van der Waals surface area contributed by atoms with Crippen molar-refractivity contribution in [3.63, 3.8) is 0 Å². The van der Waals surface area contributed by atoms with Gasteiger partial charge in [0, 0.05) is 13.7 Å². The van der Waals surface area contributed by atoms with Crippen molar-refractivity contribution in [3.05, 3.63) is 35.4 Å². The Morgan fingerprint density at radius 3 is 2.23 bits per heavy atom. The van der Waals surface area contributed by atoms with Crippen LogP contribution in [-0.2, 0) is 17.6 Å². The number of rotatable bonds is 5. The van der Waals surface area contributed by atoms with E-state index in [1.54, 1.807) is 7.11 Å². The van der Waals surface area contributed by atoms with Crippen LogP contribution in [0.4, 0.5) is 0 Å². The fourth-order valence-corrected chi connectivity index (χ4v) is 1.36. The molecule has 72 valence electrons. The summed E-state index contributed by atoms with van der Waals surface area (Å²) in [4.78, 5) is 0. The van der Waals surface area contributed by atoms with E-state index >= 15 is 0 Å². The normalized spacial score (nSPS) is 10.3. The molecule has 1 aromatic rings. The van der Waals surface area contributed by atoms with Crippen molar-refractivity contribution < 1.29 is 4.74 Å². The van der Waals surface area contributed by atoms with E-state index < -0.39 is 0 Å². The van der Waals surface area contributed by atoms with Crippen LogP contribution in [0.2, 0.25) is 0 Å². The highest BCUT2D eigenvalue weighted by atomic mass is 16.5. The van der Waals surface area contributed by atoms with Crippen molar-refractivity contribution >= 4 is 0 Å². The van der Waals surface area contributed by atoms with Gasteiger partial charge in [0.05, 0.1) is 0 Å². The van der Waals surface area contributed by atoms with Crippen LogP contribution in [-0.4, -0.2) is 13.7 Å². The van der Waals surface area contributed by atoms with Crippen molar-refractivity contribution in [2.24, 2.45) is 0 Å². The van der Waals surface area contributed by atoms with Gasteiger partial charge in [-0.25, -0.2) is 0 Å². The molecule has 0 radical (unpaired) electrons. The first-order chi connectivity index (χ1) is 6.36. The molecule has 0 atom stereocenters. The third-order valence-corrected chi connectivity index (χ3v) is 2.25. The zero-order valence-corrected chi connectivity index (χ0v) is 8.55. The maximum atomic E-state index is 5.01. The Balaban J connectivity index is 2.40. The number of benzene rings is 1. The van der Waals surface area contributed by atoms with Crippen LogP contribution in [0.3, 0.4) is 0 Å². The number of ether oxygens (including phenoxy) is 1. The van der Waals surface area contributed by atoms with E-state index in [0.29, 0.717) is 0 Å². The summed E-state index contributed by atoms with van der Waals surface area (Å²) in [5.74, 6) is 0. The summed E-state index contributed by atoms with van der Waals surface area (Å²) < 4.78 is 5.01. The smallest absolute Gasteiger partial charge is 0.0465 e. The first-order valence-electron chi connectivity index (χ1n) is 4.93. The van der Waals surface area contributed by atoms with Crippen molar-refractivity contribution in [3.8, 4) is 0 Å². The fourth-order valence-electron chi connectivity index (χ4n) is 1.36. The second kappa shape index (κ2) is 5.76. The van der Waals surface area contributed by atoms with Crippen molar-refractivity contribution in [2.45, 2.75) is 26.2 Å². The zero-order chi connectivity index (χ0) is 9.52. The third-order valence-electron chi connectivity index (χ3n) is 2.25. The molecule has 13 heavy (non-hydrogen) atoms. The second-order valence-corrected chi connectivity index (χ2v) is 3.27. The molecule has 0 saturated carbocycles. The molecule has 0 aliphatic heterocycles. The second-order valence-electron chi connectivity index (χ2n) is 3.27. The summed E-state index contributed by atoms with van der Waals surface area (Å²) in [5, 5.41) is 0. The molecule has 0 amide bonds. The quantitative estimate of drug-likeness (QED) is 0.630. The Labute approximate surface area is 80.7 Å². The molecule has 0 fully saturated rings. The average Bonchev–Trinajstić information content (AvgIpc) is 2.19. The molecule has 0 aliphatic carbocycles. The fraction of sp³-hybridized carbons (Fsp3) is 0.500. The molecular weight excluding hydrogens is 160 g/mol. The predicted molar refractivity (Wildman–Crippen MR) is 56.0 cm³/mol. The Bertz CT molecular complexity index is 225. The Morgan fingerprint density at radius 1 is 1.08 bits per heavy atom. The third kappa shape index (κ3) is 3.60. The summed E-state index contributed by atoms with van der Waals surface area (Å²) in [6.45, 7) is 3.04. The van der Waals surface area contributed by atoms with Crippen LogP contribution < -0.4 is 0 Å². The Morgan fingerprint density at radius 2 is 1.69 bits per heavy atom. The van der Waals surface area contributed by atoms with Gasteiger partial charge in [-0.05, 0) is 30.4 Å². The van der Waals surface area contributed by atoms with E-state index in [-0.39, 0.29) is 0 Å². The standard InChI is InChI=1S/C12H18O/c1-3-11-6-8-12(9-7-11)5-4-10-13-2/h6-9H,3-5,10H2,1-2H3. The maximum Gasteiger partial charge on any atom is 0.0465 e. The highest BCUT2D eigenvalue weighted by Gasteiger charge is 1.93. The summed E-state index contributed by atoms with van der Waals surface area (Å²) in [6, 6.07) is 8.85. The van der Waals surface area contributed by atoms with E-state index in [2.05, 4.69) is 31.2 Å². The van der Waals surface area contributed by atoms with E-state index in [1.807, 2.05) is 0 Å². The molecule has 1 nitrogen and oxygen atoms in total. The molecule has 0 unspecified atom stereocenters. The van der Waals surface area contributed by atoms with E-state index in [0.717, 1.165) is 25.9 Å². The van der Waals surface area contributed by atoms with Gasteiger partial charge in [0.1, 0.15) is 0 Å². The molecule has 1 rings (SSSR count). The number of hydrogen-bond donors (Lipinski definition) is 0. The molecule has 0 heterocycles. The predicted octanol–water partition coefficient (Wildman–Crippen LogP) is 2.83. The van der Waals surface area contributed by atoms with Crippen LogP contribution >= 0.6 is 0 Å². The first kappa shape index (κ1) is 10.3. The molecule has 0 aromatic heterocycles. The monoisotopic (exact) mass is 178 g/mol. The lowest BCUT2D eigenvalue weighted by Crippen LogP contribution is -1.92. The first-order valence-corrected chi connectivity index (χ1v) is 4.93. The van der Waals surface area contributed by atoms with Gasteiger partial charge in [-0.2, -0.15) is 0 Å². The lowest BCUT2D eigenvalue weighted by Gasteiger charge is -2.02. The van der Waals surface area contributed by atoms with Crippen LogP contribution in [0.1, 0.15) is 24.5 Å². The minimum atomic E-state index is 0.857. The van der Waals surface area contributed by atoms with Gasteiger partial charge in [-0.3, -0.25) is 0 Å². The zero-order valence-electron chi connectivity index (χ0n) is 8.55. The lowest BCUT2D eigenvalue weighted by atomic mass is 10.1. The van der Waals surface area contributed by atoms with Gasteiger partial charge in [0.15, 0.2) is 0 Å². The largest absolute Gasteiger partial charge is 0.385 e. The van der Waals surface area contributed by atoms with Crippen LogP contribution in [0.5, 0.6) is 0 Å². The van der Waals surface area contributed by atoms with E-state index in [1.165, 1.54) is 11.1 Å². The van der Waals surface area contributed by atoms with Crippen molar-refractivity contribution in [2.75, 3.05) is 13.7 Å². The van der Waals surface area contributed by atoms with Gasteiger partial charge in [0.25, 0.3) is 0 Å². The molecule has 0 N–H and O–H groups in total. The Hall–Kier alpha value is -0.820. The van der Waals surface area contributed by atoms with Crippen LogP contribution in [0.25, 0.3) is 0 Å². The molecule has 1 heteroatoms. The van der Waals surface area contributed by atoms with Gasteiger partial charge < -0.3 is 4.74 Å². The topological polar surface area (TPSA) is 9.23 Å². The van der Waals surface area contributed by atoms with E-state index in [9.17, 15) is 0 Å². The van der Waals surface area contributed by atoms with Gasteiger partial charge in [-0.15, -0.1) is 0 Å². The van der Waals surface area contributed by atoms with Gasteiger partial charge in [0.2, 0.25) is 0 Å². The average molecular weight is 178 g/mol. The number of hydrogen-bond acceptors (Lipinski definition) is 1. The van der Waals surface area contributed by atoms with Gasteiger partial charge >= 0.3 is 0 Å². The molecule has 0 spiro atoms. The minimum absolute atomic E-state index is 0.857. The summed E-state index contributed by atoms with van der Waals surface area (Å²) >= 11 is 0. The van der Waals surface area contributed by atoms with Crippen LogP contribution in [0.15, 0.2) is 24.3 Å². The molecule has 1 aromatic carbocycles. The minimum Gasteiger partial charge on any atom is -0.385 e. The molecule has 0 saturated heterocycles. The highest BCUT2D eigenvalue weighted by Crippen LogP contribution is 2.07. The Kier molecular flexibility index (Phi) is 4.55. The summed E-state index contributed by atoms with van der Waals surface area (Å²) in [6.07, 6.45) is 3.36. The molecule has 0 bridgehead atoms. The van der Waals surface area contributed by atoms with Crippen molar-refractivity contribution in [1.82, 2.24) is 0 Å². The van der Waals surface area contributed by atoms with E-state index in [4.69, 9.17) is 4.74 Å². The molecular formula is C12H18O. The number of methoxy groups -OCH3 is 1. The van der Waals surface area contributed by atoms with Crippen LogP contribution in [0, 0.1) is 0 Å². The lowest BCUT2D eigenvalue weighted by molar-refractivity contribution is 0.195. The summed E-state index contributed by atoms with van der Waals surface area (Å²) in [7, 11) is 1.75. The number of aryl methyl sites for hydroxylation is 2. The van der Waals surface area contributed by atoms with Gasteiger partial charge in [-0.1, -0.05) is 31.2 Å². The molecule has 0 aliphatic rings. The summed E-state index contributed by atoms with van der Waals surface area (Å²) in [5.41, 5.74) is 2.82. The van der Waals surface area contributed by atoms with Crippen molar-refractivity contribution in [1.29, 1.82) is 0 Å². The SMILES string of the molecule is CCc1ccc(CCCOC)cc1.